The first-order valence-electron chi connectivity index (χ1n) is 18.2. The van der Waals surface area contributed by atoms with Gasteiger partial charge in [-0.25, -0.2) is 4.98 Å². The van der Waals surface area contributed by atoms with E-state index >= 15 is 0 Å². The topological polar surface area (TPSA) is 44.9 Å². The summed E-state index contributed by atoms with van der Waals surface area (Å²) in [4.78, 5) is 4.81. The molecule has 4 aromatic carbocycles. The molecule has 0 saturated carbocycles. The molecule has 5 nitrogen and oxygen atoms in total. The molecule has 3 aromatic heterocycles. The van der Waals surface area contributed by atoms with E-state index in [0.29, 0.717) is 17.4 Å². The molecule has 7 aromatic rings. The first-order chi connectivity index (χ1) is 24.3. The van der Waals surface area contributed by atoms with Crippen LogP contribution in [0.4, 0.5) is 0 Å². The molecule has 52 heavy (non-hydrogen) atoms. The molecule has 6 heteroatoms. The molecule has 0 spiro atoms. The molecule has 3 heterocycles. The average Bonchev–Trinajstić information content (AvgIpc) is 3.57. The number of aromatic nitrogens is 4. The van der Waals surface area contributed by atoms with E-state index < -0.39 is 0 Å². The number of pyridine rings is 1. The molecule has 0 amide bonds. The summed E-state index contributed by atoms with van der Waals surface area (Å²) in [5.41, 5.74) is 13.6. The molecule has 0 saturated heterocycles. The third-order valence-corrected chi connectivity index (χ3v) is 10.0. The zero-order valence-electron chi connectivity index (χ0n) is 32.0. The number of fused-ring (bicyclic) bond motifs is 3. The van der Waals surface area contributed by atoms with Crippen LogP contribution in [0.25, 0.3) is 44.4 Å². The molecular formula is C46H48N4OPd. The third kappa shape index (κ3) is 6.87. The quantitative estimate of drug-likeness (QED) is 0.114. The zero-order valence-corrected chi connectivity index (χ0v) is 33.6. The van der Waals surface area contributed by atoms with Crippen LogP contribution in [0.1, 0.15) is 93.1 Å². The third-order valence-electron chi connectivity index (χ3n) is 10.0. The van der Waals surface area contributed by atoms with Crippen molar-refractivity contribution in [1.29, 1.82) is 0 Å². The molecular weight excluding hydrogens is 731 g/mol. The van der Waals surface area contributed by atoms with E-state index in [4.69, 9.17) is 14.8 Å². The van der Waals surface area contributed by atoms with Crippen LogP contribution in [-0.4, -0.2) is 19.3 Å². The van der Waals surface area contributed by atoms with Crippen molar-refractivity contribution in [3.8, 4) is 34.1 Å². The Morgan fingerprint density at radius 1 is 0.808 bits per heavy atom. The van der Waals surface area contributed by atoms with Crippen LogP contribution >= 0.6 is 0 Å². The van der Waals surface area contributed by atoms with Crippen LogP contribution in [0.15, 0.2) is 79.0 Å². The number of nitrogens with zero attached hydrogens (tertiary/aromatic N) is 4. The Kier molecular flexibility index (Phi) is 10.4. The monoisotopic (exact) mass is 778 g/mol. The van der Waals surface area contributed by atoms with Gasteiger partial charge in [0.2, 0.25) is 0 Å². The predicted octanol–water partition coefficient (Wildman–Crippen LogP) is 12.0. The molecule has 0 bridgehead atoms. The smallest absolute Gasteiger partial charge is 0.509 e. The minimum Gasteiger partial charge on any atom is -0.509 e. The van der Waals surface area contributed by atoms with Gasteiger partial charge in [0.1, 0.15) is 5.82 Å². The number of hydrogen-bond acceptors (Lipinski definition) is 3. The summed E-state index contributed by atoms with van der Waals surface area (Å²) in [6, 6.07) is 33.1. The number of hydrogen-bond donors (Lipinski definition) is 0. The maximum absolute atomic E-state index is 6.68. The van der Waals surface area contributed by atoms with Gasteiger partial charge >= 0.3 is 20.4 Å². The SMILES string of the molecule is CCCc1ccnc(-n2c3[c-]c(Oc4[c-]c(-n5nc(C)c(-c6c(C)cc(C(C)C)cc6C)c5C)cc(C(C)(C)C)c4)ccc3c3ccccc32)c1.[Pd+2]. The molecule has 7 rings (SSSR count). The number of aryl methyl sites for hydroxylation is 4. The van der Waals surface area contributed by atoms with Crippen molar-refractivity contribution >= 4 is 21.8 Å². The molecule has 0 N–H and O–H groups in total. The Bertz CT molecular complexity index is 2400. The van der Waals surface area contributed by atoms with E-state index in [1.54, 1.807) is 0 Å². The first-order valence-corrected chi connectivity index (χ1v) is 18.2. The van der Waals surface area contributed by atoms with Crippen LogP contribution in [0.3, 0.4) is 0 Å². The molecule has 0 aliphatic carbocycles. The van der Waals surface area contributed by atoms with Crippen LogP contribution in [0.5, 0.6) is 11.5 Å². The Balaban J connectivity index is 0.00000464. The summed E-state index contributed by atoms with van der Waals surface area (Å²) in [7, 11) is 0. The molecule has 268 valence electrons. The van der Waals surface area contributed by atoms with E-state index in [-0.39, 0.29) is 25.8 Å². The van der Waals surface area contributed by atoms with E-state index in [0.717, 1.165) is 63.1 Å². The van der Waals surface area contributed by atoms with E-state index in [1.165, 1.54) is 33.4 Å². The normalized spacial score (nSPS) is 11.8. The predicted molar refractivity (Wildman–Crippen MR) is 211 cm³/mol. The van der Waals surface area contributed by atoms with Gasteiger partial charge in [-0.05, 0) is 103 Å². The second kappa shape index (κ2) is 14.5. The van der Waals surface area contributed by atoms with Gasteiger partial charge in [0.25, 0.3) is 0 Å². The standard InChI is InChI=1S/C46H48N4O.Pd/c1-11-14-33-19-20-47-43(23-33)49-41-16-13-12-15-39(41)40-18-17-37(27-42(40)49)51-38-25-35(46(8,9)10)24-36(26-38)50-32(7)45(31(6)48-50)44-29(4)21-34(28(2)3)22-30(44)5;/h12-13,15-25,28H,11,14H2,1-10H3;/q-2;+2. The summed E-state index contributed by atoms with van der Waals surface area (Å²) in [5, 5.41) is 7.38. The minimum absolute atomic E-state index is 0. The summed E-state index contributed by atoms with van der Waals surface area (Å²) in [6.45, 7) is 22.1. The molecule has 0 radical (unpaired) electrons. The van der Waals surface area contributed by atoms with Crippen LogP contribution < -0.4 is 4.74 Å². The second-order valence-electron chi connectivity index (χ2n) is 15.3. The van der Waals surface area contributed by atoms with Crippen LogP contribution in [0, 0.1) is 39.8 Å². The number of ether oxygens (including phenoxy) is 1. The van der Waals surface area contributed by atoms with Crippen molar-refractivity contribution in [3.63, 3.8) is 0 Å². The van der Waals surface area contributed by atoms with Crippen molar-refractivity contribution in [1.82, 2.24) is 19.3 Å². The van der Waals surface area contributed by atoms with Gasteiger partial charge < -0.3 is 9.30 Å². The number of para-hydroxylation sites is 1. The molecule has 0 fully saturated rings. The van der Waals surface area contributed by atoms with Crippen molar-refractivity contribution in [2.45, 2.75) is 93.4 Å². The summed E-state index contributed by atoms with van der Waals surface area (Å²) in [5.74, 6) is 2.61. The Hall–Kier alpha value is -4.50. The molecule has 0 unspecified atom stereocenters. The van der Waals surface area contributed by atoms with Crippen molar-refractivity contribution in [2.24, 2.45) is 0 Å². The van der Waals surface area contributed by atoms with Gasteiger partial charge in [0, 0.05) is 34.5 Å². The second-order valence-corrected chi connectivity index (χ2v) is 15.3. The molecule has 0 aliphatic rings. The van der Waals surface area contributed by atoms with E-state index in [1.807, 2.05) is 16.9 Å². The fraction of sp³-hybridized carbons (Fsp3) is 0.304. The number of rotatable bonds is 8. The summed E-state index contributed by atoms with van der Waals surface area (Å²) >= 11 is 0. The number of benzene rings is 4. The summed E-state index contributed by atoms with van der Waals surface area (Å²) < 4.78 is 10.9. The van der Waals surface area contributed by atoms with Crippen molar-refractivity contribution in [2.75, 3.05) is 0 Å². The fourth-order valence-electron chi connectivity index (χ4n) is 7.41. The van der Waals surface area contributed by atoms with E-state index in [9.17, 15) is 0 Å². The summed E-state index contributed by atoms with van der Waals surface area (Å²) in [6.07, 6.45) is 3.99. The fourth-order valence-corrected chi connectivity index (χ4v) is 7.41. The van der Waals surface area contributed by atoms with Crippen molar-refractivity contribution < 1.29 is 25.2 Å². The molecule has 0 aliphatic heterocycles. The van der Waals surface area contributed by atoms with Crippen molar-refractivity contribution in [3.05, 3.63) is 130 Å². The van der Waals surface area contributed by atoms with Gasteiger partial charge in [-0.3, -0.25) is 4.68 Å². The first kappa shape index (κ1) is 37.3. The van der Waals surface area contributed by atoms with Crippen LogP contribution in [0.2, 0.25) is 0 Å². The van der Waals surface area contributed by atoms with Gasteiger partial charge in [-0.15, -0.1) is 41.3 Å². The van der Waals surface area contributed by atoms with Gasteiger partial charge in [0.15, 0.2) is 0 Å². The Labute approximate surface area is 322 Å². The van der Waals surface area contributed by atoms with Gasteiger partial charge in [-0.1, -0.05) is 83.8 Å². The van der Waals surface area contributed by atoms with E-state index in [2.05, 4.69) is 153 Å². The van der Waals surface area contributed by atoms with Crippen LogP contribution in [-0.2, 0) is 32.3 Å². The molecule has 0 atom stereocenters. The maximum Gasteiger partial charge on any atom is 2.00 e. The average molecular weight is 779 g/mol. The van der Waals surface area contributed by atoms with Gasteiger partial charge in [-0.2, -0.15) is 11.2 Å². The van der Waals surface area contributed by atoms with Gasteiger partial charge in [0.05, 0.1) is 5.69 Å². The minimum atomic E-state index is -0.129. The Morgan fingerprint density at radius 3 is 2.23 bits per heavy atom. The maximum atomic E-state index is 6.68. The largest absolute Gasteiger partial charge is 2.00 e. The zero-order chi connectivity index (χ0) is 36.2. The Morgan fingerprint density at radius 2 is 1.54 bits per heavy atom.